The van der Waals surface area contributed by atoms with Crippen LogP contribution in [0, 0.1) is 0 Å². The monoisotopic (exact) mass is 315 g/mol. The number of aliphatic imine (C=N–C) groups is 1. The van der Waals surface area contributed by atoms with Crippen LogP contribution in [0.1, 0.15) is 16.7 Å². The summed E-state index contributed by atoms with van der Waals surface area (Å²) in [5.74, 6) is 1.49. The highest BCUT2D eigenvalue weighted by atomic mass is 35.5. The number of hydrogen-bond donors (Lipinski definition) is 0. The second-order valence-corrected chi connectivity index (χ2v) is 5.74. The lowest BCUT2D eigenvalue weighted by Crippen LogP contribution is -2.18. The number of fused-ring (bicyclic) bond motifs is 1. The van der Waals surface area contributed by atoms with Crippen LogP contribution in [0.5, 0.6) is 11.5 Å². The average molecular weight is 316 g/mol. The van der Waals surface area contributed by atoms with Crippen LogP contribution in [0.4, 0.5) is 0 Å². The van der Waals surface area contributed by atoms with E-state index >= 15 is 0 Å². The SMILES string of the molecule is COc1cc2c(cc1OC)CC(Cc1ccccc1Cl)N=C2. The molecule has 1 atom stereocenters. The first-order valence-electron chi connectivity index (χ1n) is 7.22. The standard InChI is InChI=1S/C18H18ClNO2/c1-21-17-9-13-8-15(7-12-5-3-4-6-16(12)19)20-11-14(13)10-18(17)22-2/h3-6,9-11,15H,7-8H2,1-2H3. The van der Waals surface area contributed by atoms with Crippen molar-refractivity contribution in [1.82, 2.24) is 0 Å². The van der Waals surface area contributed by atoms with Gasteiger partial charge in [-0.1, -0.05) is 29.8 Å². The quantitative estimate of drug-likeness (QED) is 0.855. The van der Waals surface area contributed by atoms with Gasteiger partial charge in [-0.25, -0.2) is 0 Å². The molecule has 0 amide bonds. The summed E-state index contributed by atoms with van der Waals surface area (Å²) in [6.07, 6.45) is 3.63. The minimum Gasteiger partial charge on any atom is -0.493 e. The van der Waals surface area contributed by atoms with E-state index in [1.165, 1.54) is 5.56 Å². The molecule has 0 saturated heterocycles. The Kier molecular flexibility index (Phi) is 4.34. The number of nitrogens with zero attached hydrogens (tertiary/aromatic N) is 1. The first kappa shape index (κ1) is 14.9. The van der Waals surface area contributed by atoms with Crippen LogP contribution in [0.15, 0.2) is 41.4 Å². The van der Waals surface area contributed by atoms with Crippen molar-refractivity contribution < 1.29 is 9.47 Å². The molecule has 0 bridgehead atoms. The van der Waals surface area contributed by atoms with Gasteiger partial charge in [-0.2, -0.15) is 0 Å². The van der Waals surface area contributed by atoms with Gasteiger partial charge < -0.3 is 9.47 Å². The van der Waals surface area contributed by atoms with Crippen LogP contribution in [-0.4, -0.2) is 26.5 Å². The minimum absolute atomic E-state index is 0.200. The van der Waals surface area contributed by atoms with Crippen molar-refractivity contribution in [3.63, 3.8) is 0 Å². The molecule has 4 heteroatoms. The highest BCUT2D eigenvalue weighted by Crippen LogP contribution is 2.32. The largest absolute Gasteiger partial charge is 0.493 e. The molecule has 1 aliphatic rings. The van der Waals surface area contributed by atoms with Gasteiger partial charge in [0.05, 0.1) is 20.3 Å². The van der Waals surface area contributed by atoms with E-state index in [4.69, 9.17) is 21.1 Å². The molecule has 0 radical (unpaired) electrons. The van der Waals surface area contributed by atoms with Crippen LogP contribution < -0.4 is 9.47 Å². The lowest BCUT2D eigenvalue weighted by Gasteiger charge is -2.21. The summed E-state index contributed by atoms with van der Waals surface area (Å²) in [6.45, 7) is 0. The normalized spacial score (nSPS) is 16.2. The zero-order chi connectivity index (χ0) is 15.5. The number of benzene rings is 2. The zero-order valence-corrected chi connectivity index (χ0v) is 13.4. The predicted molar refractivity (Wildman–Crippen MR) is 89.8 cm³/mol. The Morgan fingerprint density at radius 1 is 1.14 bits per heavy atom. The van der Waals surface area contributed by atoms with Crippen molar-refractivity contribution in [1.29, 1.82) is 0 Å². The molecule has 0 saturated carbocycles. The molecular formula is C18H18ClNO2. The van der Waals surface area contributed by atoms with Crippen molar-refractivity contribution in [2.45, 2.75) is 18.9 Å². The first-order chi connectivity index (χ1) is 10.7. The van der Waals surface area contributed by atoms with E-state index in [-0.39, 0.29) is 6.04 Å². The van der Waals surface area contributed by atoms with E-state index in [0.717, 1.165) is 40.5 Å². The van der Waals surface area contributed by atoms with Gasteiger partial charge in [-0.05, 0) is 47.7 Å². The fourth-order valence-electron chi connectivity index (χ4n) is 2.77. The highest BCUT2D eigenvalue weighted by molar-refractivity contribution is 6.31. The van der Waals surface area contributed by atoms with Crippen LogP contribution >= 0.6 is 11.6 Å². The molecule has 3 rings (SSSR count). The third-order valence-corrected chi connectivity index (χ3v) is 4.31. The van der Waals surface area contributed by atoms with Gasteiger partial charge in [0.2, 0.25) is 0 Å². The highest BCUT2D eigenvalue weighted by Gasteiger charge is 2.19. The van der Waals surface area contributed by atoms with Crippen LogP contribution in [0.25, 0.3) is 0 Å². The van der Waals surface area contributed by atoms with E-state index in [1.807, 2.05) is 36.5 Å². The number of hydrogen-bond acceptors (Lipinski definition) is 3. The fraction of sp³-hybridized carbons (Fsp3) is 0.278. The van der Waals surface area contributed by atoms with Crippen molar-refractivity contribution in [2.24, 2.45) is 4.99 Å². The minimum atomic E-state index is 0.200. The maximum Gasteiger partial charge on any atom is 0.161 e. The summed E-state index contributed by atoms with van der Waals surface area (Å²) >= 11 is 6.24. The maximum absolute atomic E-state index is 6.24. The van der Waals surface area contributed by atoms with Gasteiger partial charge in [0.15, 0.2) is 11.5 Å². The number of halogens is 1. The first-order valence-corrected chi connectivity index (χ1v) is 7.60. The lowest BCUT2D eigenvalue weighted by atomic mass is 9.93. The Morgan fingerprint density at radius 3 is 2.59 bits per heavy atom. The van der Waals surface area contributed by atoms with E-state index in [2.05, 4.69) is 11.1 Å². The summed E-state index contributed by atoms with van der Waals surface area (Å²) in [7, 11) is 3.30. The van der Waals surface area contributed by atoms with Gasteiger partial charge in [-0.15, -0.1) is 0 Å². The molecular weight excluding hydrogens is 298 g/mol. The Hall–Kier alpha value is -2.00. The Morgan fingerprint density at radius 2 is 1.86 bits per heavy atom. The van der Waals surface area contributed by atoms with Gasteiger partial charge in [0.1, 0.15) is 0 Å². The Balaban J connectivity index is 1.84. The molecule has 0 aromatic heterocycles. The maximum atomic E-state index is 6.24. The summed E-state index contributed by atoms with van der Waals surface area (Å²) in [5.41, 5.74) is 3.45. The summed E-state index contributed by atoms with van der Waals surface area (Å²) in [5, 5.41) is 0.802. The van der Waals surface area contributed by atoms with Gasteiger partial charge >= 0.3 is 0 Å². The molecule has 114 valence electrons. The van der Waals surface area contributed by atoms with Crippen LogP contribution in [0.2, 0.25) is 5.02 Å². The third-order valence-electron chi connectivity index (χ3n) is 3.94. The summed E-state index contributed by atoms with van der Waals surface area (Å²) in [6, 6.07) is 12.2. The van der Waals surface area contributed by atoms with E-state index in [1.54, 1.807) is 14.2 Å². The van der Waals surface area contributed by atoms with E-state index in [9.17, 15) is 0 Å². The molecule has 2 aromatic rings. The molecule has 0 spiro atoms. The number of rotatable bonds is 4. The molecule has 22 heavy (non-hydrogen) atoms. The van der Waals surface area contributed by atoms with Crippen molar-refractivity contribution in [3.8, 4) is 11.5 Å². The molecule has 1 aliphatic heterocycles. The molecule has 1 unspecified atom stereocenters. The van der Waals surface area contributed by atoms with Gasteiger partial charge in [-0.3, -0.25) is 4.99 Å². The topological polar surface area (TPSA) is 30.8 Å². The van der Waals surface area contributed by atoms with Crippen molar-refractivity contribution >= 4 is 17.8 Å². The Bertz CT molecular complexity index is 712. The third kappa shape index (κ3) is 2.95. The van der Waals surface area contributed by atoms with Crippen LogP contribution in [0.3, 0.4) is 0 Å². The molecule has 3 nitrogen and oxygen atoms in total. The van der Waals surface area contributed by atoms with E-state index in [0.29, 0.717) is 0 Å². The van der Waals surface area contributed by atoms with Crippen molar-refractivity contribution in [3.05, 3.63) is 58.1 Å². The molecule has 0 aliphatic carbocycles. The average Bonchev–Trinajstić information content (AvgIpc) is 2.55. The molecule has 0 fully saturated rings. The van der Waals surface area contributed by atoms with Crippen molar-refractivity contribution in [2.75, 3.05) is 14.2 Å². The predicted octanol–water partition coefficient (Wildman–Crippen LogP) is 3.94. The second-order valence-electron chi connectivity index (χ2n) is 5.34. The second kappa shape index (κ2) is 6.41. The van der Waals surface area contributed by atoms with E-state index < -0.39 is 0 Å². The zero-order valence-electron chi connectivity index (χ0n) is 12.7. The smallest absolute Gasteiger partial charge is 0.161 e. The summed E-state index contributed by atoms with van der Waals surface area (Å²) in [4.78, 5) is 4.66. The molecule has 0 N–H and O–H groups in total. The molecule has 2 aromatic carbocycles. The Labute approximate surface area is 135 Å². The number of ether oxygens (including phenoxy) is 2. The molecule has 1 heterocycles. The van der Waals surface area contributed by atoms with Gasteiger partial charge in [0.25, 0.3) is 0 Å². The van der Waals surface area contributed by atoms with Gasteiger partial charge in [0, 0.05) is 11.2 Å². The lowest BCUT2D eigenvalue weighted by molar-refractivity contribution is 0.354. The fourth-order valence-corrected chi connectivity index (χ4v) is 2.98. The van der Waals surface area contributed by atoms with Crippen LogP contribution in [-0.2, 0) is 12.8 Å². The summed E-state index contributed by atoms with van der Waals surface area (Å²) < 4.78 is 10.7. The number of methoxy groups -OCH3 is 2.